The first-order valence-corrected chi connectivity index (χ1v) is 13.6. The van der Waals surface area contributed by atoms with Gasteiger partial charge in [-0.25, -0.2) is 22.7 Å². The maximum Gasteiger partial charge on any atom is 0.481 e. The van der Waals surface area contributed by atoms with Gasteiger partial charge < -0.3 is 29.6 Å². The molecule has 1 unspecified atom stereocenters. The van der Waals surface area contributed by atoms with Gasteiger partial charge in [-0.1, -0.05) is 6.07 Å². The molecule has 2 heterocycles. The minimum absolute atomic E-state index is 0.0185. The summed E-state index contributed by atoms with van der Waals surface area (Å²) < 4.78 is 64.0. The number of benzene rings is 1. The van der Waals surface area contributed by atoms with Crippen molar-refractivity contribution >= 4 is 31.6 Å². The molecule has 19 heteroatoms. The molecule has 1 saturated heterocycles. The van der Waals surface area contributed by atoms with Gasteiger partial charge in [-0.05, 0) is 34.0 Å². The standard InChI is InChI=1S/C17H19BrF2N2O12P2/c18-10-6-22(17(26)21(15(10)25)4-3-8-1-2-9(19)5-11(8)20)16-14(24)13(23)12(33-16)7-32-36(30,31)34-35(27,28)29/h1-2,5-6,12-14,16,23-24H,3-4,7H2,(H,30,31)(H2,27,28,29)/t12-,13-,14-,16-/m1/s1. The third-order valence-electron chi connectivity index (χ3n) is 5.00. The Morgan fingerprint density at radius 1 is 1.11 bits per heavy atom. The molecule has 1 aromatic carbocycles. The van der Waals surface area contributed by atoms with Crippen molar-refractivity contribution in [3.8, 4) is 0 Å². The molecule has 3 rings (SSSR count). The first kappa shape index (κ1) is 28.9. The van der Waals surface area contributed by atoms with Crippen LogP contribution in [0, 0.1) is 11.6 Å². The molecule has 1 aromatic heterocycles. The summed E-state index contributed by atoms with van der Waals surface area (Å²) in [5.74, 6) is -1.70. The van der Waals surface area contributed by atoms with Crippen molar-refractivity contribution in [1.29, 1.82) is 0 Å². The van der Waals surface area contributed by atoms with Crippen LogP contribution in [0.5, 0.6) is 0 Å². The second-order valence-electron chi connectivity index (χ2n) is 7.49. The van der Waals surface area contributed by atoms with Crippen LogP contribution in [0.25, 0.3) is 0 Å². The SMILES string of the molecule is O=c1c(Br)cn([C@@H]2O[C@H](COP(=O)(O)OP(=O)(O)O)[C@@H](O)[C@H]2O)c(=O)n1CCc1ccc(F)cc1F. The highest BCUT2D eigenvalue weighted by molar-refractivity contribution is 9.10. The van der Waals surface area contributed by atoms with E-state index in [9.17, 15) is 42.6 Å². The number of hydrogen-bond acceptors (Lipinski definition) is 9. The predicted molar refractivity (Wildman–Crippen MR) is 118 cm³/mol. The van der Waals surface area contributed by atoms with Crippen molar-refractivity contribution in [2.45, 2.75) is 37.5 Å². The molecule has 2 aromatic rings. The Balaban J connectivity index is 1.82. The minimum Gasteiger partial charge on any atom is -0.387 e. The van der Waals surface area contributed by atoms with Gasteiger partial charge in [0.15, 0.2) is 6.23 Å². The number of halogens is 3. The van der Waals surface area contributed by atoms with Gasteiger partial charge in [0.25, 0.3) is 5.56 Å². The number of aryl methyl sites for hydroxylation is 1. The summed E-state index contributed by atoms with van der Waals surface area (Å²) >= 11 is 2.96. The van der Waals surface area contributed by atoms with Crippen LogP contribution < -0.4 is 11.2 Å². The third-order valence-corrected chi connectivity index (χ3v) is 7.69. The largest absolute Gasteiger partial charge is 0.481 e. The molecule has 1 aliphatic heterocycles. The number of hydrogen-bond donors (Lipinski definition) is 5. The number of rotatable bonds is 9. The van der Waals surface area contributed by atoms with E-state index in [1.54, 1.807) is 0 Å². The van der Waals surface area contributed by atoms with Crippen molar-refractivity contribution in [2.75, 3.05) is 6.61 Å². The fourth-order valence-corrected chi connectivity index (χ4v) is 5.38. The lowest BCUT2D eigenvalue weighted by Gasteiger charge is -2.19. The number of phosphoric acid groups is 2. The van der Waals surface area contributed by atoms with Crippen LogP contribution >= 0.6 is 31.6 Å². The van der Waals surface area contributed by atoms with Crippen LogP contribution in [0.2, 0.25) is 0 Å². The van der Waals surface area contributed by atoms with Crippen molar-refractivity contribution in [2.24, 2.45) is 0 Å². The highest BCUT2D eigenvalue weighted by atomic mass is 79.9. The van der Waals surface area contributed by atoms with Gasteiger partial charge in [0.2, 0.25) is 0 Å². The van der Waals surface area contributed by atoms with Gasteiger partial charge in [-0.3, -0.25) is 18.5 Å². The van der Waals surface area contributed by atoms with E-state index in [0.29, 0.717) is 10.6 Å². The summed E-state index contributed by atoms with van der Waals surface area (Å²) in [7, 11) is -10.7. The van der Waals surface area contributed by atoms with Gasteiger partial charge in [0.1, 0.15) is 29.9 Å². The van der Waals surface area contributed by atoms with E-state index in [1.807, 2.05) is 0 Å². The highest BCUT2D eigenvalue weighted by Gasteiger charge is 2.46. The molecular formula is C17H19BrF2N2O12P2. The fourth-order valence-electron chi connectivity index (χ4n) is 3.35. The molecule has 36 heavy (non-hydrogen) atoms. The summed E-state index contributed by atoms with van der Waals surface area (Å²) in [5.41, 5.74) is -1.84. The summed E-state index contributed by atoms with van der Waals surface area (Å²) in [5, 5.41) is 20.6. The normalized spacial score (nSPS) is 24.1. The molecular weight excluding hydrogens is 604 g/mol. The van der Waals surface area contributed by atoms with Crippen molar-refractivity contribution in [3.05, 3.63) is 66.9 Å². The molecule has 200 valence electrons. The number of aromatic nitrogens is 2. The molecule has 0 radical (unpaired) electrons. The zero-order valence-corrected chi connectivity index (χ0v) is 21.1. The number of aliphatic hydroxyl groups is 2. The van der Waals surface area contributed by atoms with Crippen LogP contribution in [0.15, 0.2) is 38.5 Å². The zero-order valence-electron chi connectivity index (χ0n) is 17.8. The fraction of sp³-hybridized carbons (Fsp3) is 0.412. The molecule has 1 fully saturated rings. The van der Waals surface area contributed by atoms with Crippen LogP contribution in [0.4, 0.5) is 8.78 Å². The summed E-state index contributed by atoms with van der Waals surface area (Å²) in [4.78, 5) is 52.1. The Kier molecular flexibility index (Phi) is 8.85. The van der Waals surface area contributed by atoms with Crippen LogP contribution in [-0.4, -0.2) is 58.9 Å². The lowest BCUT2D eigenvalue weighted by atomic mass is 10.1. The number of ether oxygens (including phenoxy) is 1. The molecule has 14 nitrogen and oxygen atoms in total. The monoisotopic (exact) mass is 622 g/mol. The Morgan fingerprint density at radius 3 is 2.39 bits per heavy atom. The lowest BCUT2D eigenvalue weighted by Crippen LogP contribution is -2.44. The molecule has 5 N–H and O–H groups in total. The number of nitrogens with zero attached hydrogens (tertiary/aromatic N) is 2. The van der Waals surface area contributed by atoms with Crippen molar-refractivity contribution in [1.82, 2.24) is 9.13 Å². The van der Waals surface area contributed by atoms with E-state index in [0.717, 1.165) is 22.9 Å². The van der Waals surface area contributed by atoms with E-state index in [1.165, 1.54) is 0 Å². The molecule has 0 saturated carbocycles. The predicted octanol–water partition coefficient (Wildman–Crippen LogP) is 0.139. The van der Waals surface area contributed by atoms with Crippen molar-refractivity contribution < 1.29 is 56.4 Å². The maximum absolute atomic E-state index is 13.9. The van der Waals surface area contributed by atoms with Gasteiger partial charge in [0, 0.05) is 18.8 Å². The second kappa shape index (κ2) is 11.0. The minimum atomic E-state index is -5.41. The zero-order chi connectivity index (χ0) is 27.0. The topological polar surface area (TPSA) is 207 Å². The molecule has 0 aliphatic carbocycles. The van der Waals surface area contributed by atoms with E-state index in [-0.39, 0.29) is 23.0 Å². The lowest BCUT2D eigenvalue weighted by molar-refractivity contribution is -0.0549. The van der Waals surface area contributed by atoms with Gasteiger partial charge in [0.05, 0.1) is 11.1 Å². The van der Waals surface area contributed by atoms with E-state index >= 15 is 0 Å². The van der Waals surface area contributed by atoms with Crippen molar-refractivity contribution in [3.63, 3.8) is 0 Å². The van der Waals surface area contributed by atoms with Crippen LogP contribution in [0.3, 0.4) is 0 Å². The quantitative estimate of drug-likeness (QED) is 0.237. The molecule has 0 spiro atoms. The van der Waals surface area contributed by atoms with Gasteiger partial charge in [-0.2, -0.15) is 4.31 Å². The second-order valence-corrected chi connectivity index (χ2v) is 11.2. The summed E-state index contributed by atoms with van der Waals surface area (Å²) in [6.07, 6.45) is -6.10. The van der Waals surface area contributed by atoms with Crippen LogP contribution in [0.1, 0.15) is 11.8 Å². The van der Waals surface area contributed by atoms with Gasteiger partial charge >= 0.3 is 21.3 Å². The average molecular weight is 623 g/mol. The van der Waals surface area contributed by atoms with Gasteiger partial charge in [-0.15, -0.1) is 0 Å². The van der Waals surface area contributed by atoms with E-state index in [2.05, 4.69) is 24.8 Å². The van der Waals surface area contributed by atoms with E-state index < -0.39 is 69.7 Å². The first-order chi connectivity index (χ1) is 16.6. The molecule has 0 bridgehead atoms. The Hall–Kier alpha value is -1.62. The third kappa shape index (κ3) is 6.82. The first-order valence-electron chi connectivity index (χ1n) is 9.81. The van der Waals surface area contributed by atoms with Crippen LogP contribution in [-0.2, 0) is 35.7 Å². The Bertz CT molecular complexity index is 1350. The van der Waals surface area contributed by atoms with E-state index in [4.69, 9.17) is 14.5 Å². The number of aliphatic hydroxyl groups excluding tert-OH is 2. The summed E-state index contributed by atoms with van der Waals surface area (Å²) in [6, 6.07) is 2.79. The smallest absolute Gasteiger partial charge is 0.387 e. The Labute approximate surface area is 208 Å². The maximum atomic E-state index is 13.9. The summed E-state index contributed by atoms with van der Waals surface area (Å²) in [6.45, 7) is -1.35. The molecule has 5 atom stereocenters. The Morgan fingerprint density at radius 2 is 1.78 bits per heavy atom. The molecule has 0 amide bonds. The average Bonchev–Trinajstić information content (AvgIpc) is 3.03. The number of phosphoric ester groups is 1. The highest BCUT2D eigenvalue weighted by Crippen LogP contribution is 2.57. The molecule has 1 aliphatic rings.